The maximum atomic E-state index is 13.8. The number of fused-ring (bicyclic) bond motifs is 2. The average molecular weight is 526 g/mol. The first-order valence-corrected chi connectivity index (χ1v) is 13.2. The molecule has 0 spiro atoms. The molecule has 0 saturated heterocycles. The lowest BCUT2D eigenvalue weighted by Crippen LogP contribution is -2.27. The molecule has 40 heavy (non-hydrogen) atoms. The Balaban J connectivity index is 1.48. The summed E-state index contributed by atoms with van der Waals surface area (Å²) in [5.41, 5.74) is 5.25. The van der Waals surface area contributed by atoms with Crippen molar-refractivity contribution in [1.29, 1.82) is 0 Å². The molecule has 0 unspecified atom stereocenters. The van der Waals surface area contributed by atoms with Gasteiger partial charge in [0.25, 0.3) is 11.8 Å². The van der Waals surface area contributed by atoms with Crippen molar-refractivity contribution in [3.63, 3.8) is 0 Å². The number of nitrogens with zero attached hydrogens (tertiary/aromatic N) is 3. The number of amides is 2. The molecule has 2 aromatic heterocycles. The highest BCUT2D eigenvalue weighted by Crippen LogP contribution is 2.31. The van der Waals surface area contributed by atoms with Gasteiger partial charge in [-0.1, -0.05) is 91.0 Å². The Kier molecular flexibility index (Phi) is 7.01. The molecule has 2 N–H and O–H groups in total. The minimum atomic E-state index is -0.319. The molecule has 0 aliphatic carbocycles. The van der Waals surface area contributed by atoms with Gasteiger partial charge in [-0.3, -0.25) is 9.59 Å². The third-order valence-corrected chi connectivity index (χ3v) is 6.77. The number of carbonyl (C=O) groups excluding carboxylic acids is 2. The molecule has 2 heterocycles. The summed E-state index contributed by atoms with van der Waals surface area (Å²) in [5, 5.41) is 6.08. The fourth-order valence-corrected chi connectivity index (χ4v) is 4.79. The van der Waals surface area contributed by atoms with Crippen LogP contribution in [0.5, 0.6) is 0 Å². The quantitative estimate of drug-likeness (QED) is 0.261. The molecule has 7 nitrogen and oxygen atoms in total. The molecular formula is C33H27N5O2. The van der Waals surface area contributed by atoms with Crippen LogP contribution in [-0.4, -0.2) is 32.9 Å². The van der Waals surface area contributed by atoms with E-state index >= 15 is 0 Å². The number of anilines is 1. The van der Waals surface area contributed by atoms with Crippen LogP contribution in [0.3, 0.4) is 0 Å². The first kappa shape index (κ1) is 25.0. The summed E-state index contributed by atoms with van der Waals surface area (Å²) in [4.78, 5) is 37.0. The smallest absolute Gasteiger partial charge is 0.257 e. The van der Waals surface area contributed by atoms with Crippen molar-refractivity contribution in [3.8, 4) is 0 Å². The number of benzene rings is 4. The van der Waals surface area contributed by atoms with E-state index in [0.29, 0.717) is 58.7 Å². The first-order valence-electron chi connectivity index (χ1n) is 13.2. The van der Waals surface area contributed by atoms with E-state index in [9.17, 15) is 9.59 Å². The van der Waals surface area contributed by atoms with E-state index in [0.717, 1.165) is 11.1 Å². The average Bonchev–Trinajstić information content (AvgIpc) is 3.28. The maximum Gasteiger partial charge on any atom is 0.257 e. The van der Waals surface area contributed by atoms with E-state index in [1.807, 2.05) is 108 Å². The number of para-hydroxylation sites is 2. The fraction of sp³-hybridized carbons (Fsp3) is 0.0909. The molecule has 0 fully saturated rings. The third-order valence-electron chi connectivity index (χ3n) is 6.77. The van der Waals surface area contributed by atoms with Gasteiger partial charge in [-0.2, -0.15) is 0 Å². The second-order valence-corrected chi connectivity index (χ2v) is 9.49. The normalized spacial score (nSPS) is 11.0. The van der Waals surface area contributed by atoms with E-state index < -0.39 is 0 Å². The molecule has 0 aliphatic rings. The van der Waals surface area contributed by atoms with Crippen molar-refractivity contribution in [2.75, 3.05) is 11.9 Å². The first-order chi connectivity index (χ1) is 19.7. The molecular weight excluding hydrogens is 498 g/mol. The van der Waals surface area contributed by atoms with Gasteiger partial charge in [0.1, 0.15) is 16.9 Å². The van der Waals surface area contributed by atoms with Crippen LogP contribution in [0.2, 0.25) is 0 Å². The van der Waals surface area contributed by atoms with Crippen molar-refractivity contribution < 1.29 is 9.59 Å². The number of rotatable bonds is 8. The number of aromatic nitrogens is 3. The zero-order valence-corrected chi connectivity index (χ0v) is 21.7. The van der Waals surface area contributed by atoms with E-state index in [1.165, 1.54) is 0 Å². The number of nitrogens with one attached hydrogen (secondary N) is 2. The summed E-state index contributed by atoms with van der Waals surface area (Å²) in [6, 6.07) is 36.4. The lowest BCUT2D eigenvalue weighted by atomic mass is 10.1. The summed E-state index contributed by atoms with van der Waals surface area (Å²) in [6.45, 7) is 0.827. The van der Waals surface area contributed by atoms with Gasteiger partial charge in [-0.15, -0.1) is 0 Å². The molecule has 196 valence electrons. The summed E-state index contributed by atoms with van der Waals surface area (Å²) < 4.78 is 1.87. The van der Waals surface area contributed by atoms with Crippen molar-refractivity contribution >= 4 is 39.8 Å². The number of hydrogen-bond acceptors (Lipinski definition) is 4. The molecule has 4 aromatic carbocycles. The van der Waals surface area contributed by atoms with Gasteiger partial charge in [-0.05, 0) is 41.8 Å². The maximum absolute atomic E-state index is 13.8. The van der Waals surface area contributed by atoms with Crippen LogP contribution in [0.4, 0.5) is 5.82 Å². The van der Waals surface area contributed by atoms with Gasteiger partial charge >= 0.3 is 0 Å². The summed E-state index contributed by atoms with van der Waals surface area (Å²) in [5.74, 6) is -0.276. The van der Waals surface area contributed by atoms with E-state index in [1.54, 1.807) is 12.1 Å². The molecule has 7 heteroatoms. The lowest BCUT2D eigenvalue weighted by Gasteiger charge is -2.13. The zero-order chi connectivity index (χ0) is 27.3. The van der Waals surface area contributed by atoms with Crippen LogP contribution in [0.1, 0.15) is 31.8 Å². The second kappa shape index (κ2) is 11.2. The topological polar surface area (TPSA) is 88.9 Å². The fourth-order valence-electron chi connectivity index (χ4n) is 4.79. The Labute approximate surface area is 231 Å². The van der Waals surface area contributed by atoms with Crippen LogP contribution in [0.15, 0.2) is 115 Å². The Morgan fingerprint density at radius 1 is 0.650 bits per heavy atom. The van der Waals surface area contributed by atoms with Gasteiger partial charge in [0.05, 0.1) is 17.6 Å². The number of carbonyl (C=O) groups is 2. The molecule has 6 aromatic rings. The van der Waals surface area contributed by atoms with Crippen LogP contribution in [-0.2, 0) is 13.0 Å². The Morgan fingerprint density at radius 3 is 1.90 bits per heavy atom. The summed E-state index contributed by atoms with van der Waals surface area (Å²) in [6.07, 6.45) is 0.676. The summed E-state index contributed by atoms with van der Waals surface area (Å²) in [7, 11) is 0. The Bertz CT molecular complexity index is 1800. The predicted molar refractivity (Wildman–Crippen MR) is 157 cm³/mol. The molecule has 0 saturated carbocycles. The number of hydrogen-bond donors (Lipinski definition) is 2. The van der Waals surface area contributed by atoms with Gasteiger partial charge < -0.3 is 15.2 Å². The molecule has 2 amide bonds. The van der Waals surface area contributed by atoms with E-state index in [4.69, 9.17) is 9.97 Å². The van der Waals surface area contributed by atoms with Gasteiger partial charge in [0.15, 0.2) is 5.65 Å². The standard InChI is InChI=1S/C33H27N5O2/c39-32(25-16-8-3-9-17-25)37-30-28(33(40)34-21-20-23-12-4-1-5-13-23)29-31(36-27-19-11-10-18-26(27)35-29)38(30)22-24-14-6-2-7-15-24/h1-19H,20-22H2,(H,34,40)(H,37,39). The Morgan fingerprint density at radius 2 is 1.23 bits per heavy atom. The Hall–Kier alpha value is -5.30. The highest BCUT2D eigenvalue weighted by Gasteiger charge is 2.27. The molecule has 0 atom stereocenters. The van der Waals surface area contributed by atoms with Gasteiger partial charge in [0.2, 0.25) is 0 Å². The van der Waals surface area contributed by atoms with Crippen LogP contribution in [0.25, 0.3) is 22.2 Å². The van der Waals surface area contributed by atoms with Crippen LogP contribution in [0, 0.1) is 0 Å². The molecule has 0 radical (unpaired) electrons. The minimum Gasteiger partial charge on any atom is -0.352 e. The van der Waals surface area contributed by atoms with Crippen LogP contribution < -0.4 is 10.6 Å². The van der Waals surface area contributed by atoms with E-state index in [2.05, 4.69) is 10.6 Å². The van der Waals surface area contributed by atoms with Crippen molar-refractivity contribution in [2.24, 2.45) is 0 Å². The lowest BCUT2D eigenvalue weighted by molar-refractivity contribution is 0.0956. The van der Waals surface area contributed by atoms with Crippen molar-refractivity contribution in [2.45, 2.75) is 13.0 Å². The monoisotopic (exact) mass is 525 g/mol. The van der Waals surface area contributed by atoms with Crippen LogP contribution >= 0.6 is 0 Å². The van der Waals surface area contributed by atoms with E-state index in [-0.39, 0.29) is 11.8 Å². The highest BCUT2D eigenvalue weighted by molar-refractivity contribution is 6.15. The summed E-state index contributed by atoms with van der Waals surface area (Å²) >= 11 is 0. The molecule has 6 rings (SSSR count). The largest absolute Gasteiger partial charge is 0.352 e. The van der Waals surface area contributed by atoms with Gasteiger partial charge in [0, 0.05) is 12.1 Å². The van der Waals surface area contributed by atoms with Crippen molar-refractivity contribution in [3.05, 3.63) is 138 Å². The SMILES string of the molecule is O=C(Nc1c(C(=O)NCCc2ccccc2)c2nc3ccccc3nc2n1Cc1ccccc1)c1ccccc1. The third kappa shape index (κ3) is 5.17. The predicted octanol–water partition coefficient (Wildman–Crippen LogP) is 5.86. The molecule has 0 bridgehead atoms. The van der Waals surface area contributed by atoms with Gasteiger partial charge in [-0.25, -0.2) is 9.97 Å². The van der Waals surface area contributed by atoms with Crippen molar-refractivity contribution in [1.82, 2.24) is 19.9 Å². The minimum absolute atomic E-state index is 0.293. The highest BCUT2D eigenvalue weighted by atomic mass is 16.2. The zero-order valence-electron chi connectivity index (χ0n) is 21.7. The molecule has 0 aliphatic heterocycles. The second-order valence-electron chi connectivity index (χ2n) is 9.49.